The molecule has 1 fully saturated rings. The summed E-state index contributed by atoms with van der Waals surface area (Å²) >= 11 is 0. The van der Waals surface area contributed by atoms with Crippen molar-refractivity contribution in [3.63, 3.8) is 0 Å². The van der Waals surface area contributed by atoms with Gasteiger partial charge in [0.15, 0.2) is 0 Å². The molecule has 0 aliphatic heterocycles. The maximum Gasteiger partial charge on any atom is 0.144 e. The Balaban J connectivity index is 1.91. The highest BCUT2D eigenvalue weighted by Crippen LogP contribution is 2.20. The fraction of sp³-hybridized carbons (Fsp3) is 0.636. The van der Waals surface area contributed by atoms with Crippen molar-refractivity contribution in [3.05, 3.63) is 18.1 Å². The Labute approximate surface area is 90.3 Å². The van der Waals surface area contributed by atoms with Crippen molar-refractivity contribution in [2.24, 2.45) is 5.73 Å². The van der Waals surface area contributed by atoms with E-state index >= 15 is 0 Å². The Hall–Kier alpha value is -1.16. The lowest BCUT2D eigenvalue weighted by atomic mass is 9.96. The molecule has 1 aromatic rings. The van der Waals surface area contributed by atoms with Crippen molar-refractivity contribution in [3.8, 4) is 0 Å². The minimum atomic E-state index is 0.455. The van der Waals surface area contributed by atoms with Gasteiger partial charge in [0.05, 0.1) is 18.1 Å². The molecule has 0 unspecified atom stereocenters. The molecule has 4 nitrogen and oxygen atoms in total. The van der Waals surface area contributed by atoms with E-state index < -0.39 is 0 Å². The molecule has 1 aliphatic rings. The van der Waals surface area contributed by atoms with Gasteiger partial charge in [0.2, 0.25) is 0 Å². The summed E-state index contributed by atoms with van der Waals surface area (Å²) in [6.45, 7) is 0.455. The molecule has 0 aromatic carbocycles. The van der Waals surface area contributed by atoms with E-state index in [1.807, 2.05) is 0 Å². The van der Waals surface area contributed by atoms with Gasteiger partial charge in [0.1, 0.15) is 5.82 Å². The lowest BCUT2D eigenvalue weighted by Gasteiger charge is -2.22. The molecule has 1 heterocycles. The summed E-state index contributed by atoms with van der Waals surface area (Å²) in [5.41, 5.74) is 6.30. The molecule has 0 radical (unpaired) electrons. The molecule has 1 saturated carbocycles. The minimum Gasteiger partial charge on any atom is -0.366 e. The fourth-order valence-corrected chi connectivity index (χ4v) is 1.99. The zero-order valence-electron chi connectivity index (χ0n) is 8.95. The van der Waals surface area contributed by atoms with Crippen LogP contribution in [-0.2, 0) is 6.54 Å². The number of nitrogens with one attached hydrogen (secondary N) is 1. The Morgan fingerprint density at radius 2 is 2.00 bits per heavy atom. The van der Waals surface area contributed by atoms with E-state index in [-0.39, 0.29) is 0 Å². The average Bonchev–Trinajstić information content (AvgIpc) is 2.31. The van der Waals surface area contributed by atoms with E-state index in [9.17, 15) is 0 Å². The SMILES string of the molecule is NCc1cnc(NC2CCCCC2)cn1. The molecule has 3 N–H and O–H groups in total. The van der Waals surface area contributed by atoms with E-state index in [1.165, 1.54) is 32.1 Å². The maximum atomic E-state index is 5.46. The van der Waals surface area contributed by atoms with Crippen molar-refractivity contribution in [2.45, 2.75) is 44.7 Å². The normalized spacial score (nSPS) is 17.7. The second kappa shape index (κ2) is 5.07. The van der Waals surface area contributed by atoms with Crippen molar-refractivity contribution in [2.75, 3.05) is 5.32 Å². The number of nitrogens with two attached hydrogens (primary N) is 1. The molecule has 0 bridgehead atoms. The Morgan fingerprint density at radius 3 is 2.60 bits per heavy atom. The van der Waals surface area contributed by atoms with Gasteiger partial charge in [0, 0.05) is 12.6 Å². The third kappa shape index (κ3) is 2.89. The highest BCUT2D eigenvalue weighted by atomic mass is 15.0. The van der Waals surface area contributed by atoms with Crippen LogP contribution < -0.4 is 11.1 Å². The third-order valence-corrected chi connectivity index (χ3v) is 2.87. The van der Waals surface area contributed by atoms with E-state index in [0.717, 1.165) is 11.5 Å². The highest BCUT2D eigenvalue weighted by molar-refractivity contribution is 5.32. The summed E-state index contributed by atoms with van der Waals surface area (Å²) in [6.07, 6.45) is 10.0. The van der Waals surface area contributed by atoms with E-state index in [4.69, 9.17) is 5.73 Å². The quantitative estimate of drug-likeness (QED) is 0.789. The van der Waals surface area contributed by atoms with Gasteiger partial charge >= 0.3 is 0 Å². The van der Waals surface area contributed by atoms with E-state index in [2.05, 4.69) is 15.3 Å². The second-order valence-electron chi connectivity index (χ2n) is 4.08. The van der Waals surface area contributed by atoms with Gasteiger partial charge in [-0.05, 0) is 12.8 Å². The van der Waals surface area contributed by atoms with E-state index in [0.29, 0.717) is 12.6 Å². The van der Waals surface area contributed by atoms with Crippen LogP contribution in [0.25, 0.3) is 0 Å². The minimum absolute atomic E-state index is 0.455. The van der Waals surface area contributed by atoms with Crippen LogP contribution in [0.3, 0.4) is 0 Å². The van der Waals surface area contributed by atoms with Gasteiger partial charge < -0.3 is 11.1 Å². The first-order valence-corrected chi connectivity index (χ1v) is 5.66. The van der Waals surface area contributed by atoms with Crippen LogP contribution >= 0.6 is 0 Å². The zero-order chi connectivity index (χ0) is 10.5. The largest absolute Gasteiger partial charge is 0.366 e. The molecule has 0 saturated heterocycles. The first-order valence-electron chi connectivity index (χ1n) is 5.66. The molecule has 1 aromatic heterocycles. The smallest absolute Gasteiger partial charge is 0.144 e. The predicted octanol–water partition coefficient (Wildman–Crippen LogP) is 1.68. The number of hydrogen-bond donors (Lipinski definition) is 2. The highest BCUT2D eigenvalue weighted by Gasteiger charge is 2.13. The maximum absolute atomic E-state index is 5.46. The van der Waals surface area contributed by atoms with Gasteiger partial charge in [0.25, 0.3) is 0 Å². The molecule has 82 valence electrons. The van der Waals surface area contributed by atoms with Gasteiger partial charge in [-0.1, -0.05) is 19.3 Å². The Bertz CT molecular complexity index is 290. The lowest BCUT2D eigenvalue weighted by molar-refractivity contribution is 0.461. The summed E-state index contributed by atoms with van der Waals surface area (Å²) in [5.74, 6) is 0.874. The molecular weight excluding hydrogens is 188 g/mol. The van der Waals surface area contributed by atoms with Crippen LogP contribution in [0.2, 0.25) is 0 Å². The molecule has 0 atom stereocenters. The molecule has 0 spiro atoms. The molecule has 2 rings (SSSR count). The lowest BCUT2D eigenvalue weighted by Crippen LogP contribution is -2.22. The molecule has 0 amide bonds. The van der Waals surface area contributed by atoms with Crippen LogP contribution in [0.5, 0.6) is 0 Å². The van der Waals surface area contributed by atoms with E-state index in [1.54, 1.807) is 12.4 Å². The summed E-state index contributed by atoms with van der Waals surface area (Å²) in [6, 6.07) is 0.580. The van der Waals surface area contributed by atoms with Crippen LogP contribution in [0.1, 0.15) is 37.8 Å². The molecule has 4 heteroatoms. The summed E-state index contributed by atoms with van der Waals surface area (Å²) in [5, 5.41) is 3.42. The van der Waals surface area contributed by atoms with Gasteiger partial charge in [-0.25, -0.2) is 4.98 Å². The summed E-state index contributed by atoms with van der Waals surface area (Å²) in [4.78, 5) is 8.50. The topological polar surface area (TPSA) is 63.8 Å². The summed E-state index contributed by atoms with van der Waals surface area (Å²) < 4.78 is 0. The predicted molar refractivity (Wildman–Crippen MR) is 60.4 cm³/mol. The Morgan fingerprint density at radius 1 is 1.20 bits per heavy atom. The average molecular weight is 206 g/mol. The fourth-order valence-electron chi connectivity index (χ4n) is 1.99. The molecule has 15 heavy (non-hydrogen) atoms. The molecular formula is C11H18N4. The standard InChI is InChI=1S/C11H18N4/c12-6-10-7-14-11(8-13-10)15-9-4-2-1-3-5-9/h7-9H,1-6,12H2,(H,14,15). The first kappa shape index (κ1) is 10.4. The Kier molecular flexibility index (Phi) is 3.50. The molecule has 1 aliphatic carbocycles. The van der Waals surface area contributed by atoms with Gasteiger partial charge in [-0.3, -0.25) is 4.98 Å². The third-order valence-electron chi connectivity index (χ3n) is 2.87. The van der Waals surface area contributed by atoms with Gasteiger partial charge in [-0.2, -0.15) is 0 Å². The first-order chi connectivity index (χ1) is 7.38. The van der Waals surface area contributed by atoms with Crippen molar-refractivity contribution in [1.29, 1.82) is 0 Å². The van der Waals surface area contributed by atoms with Crippen molar-refractivity contribution >= 4 is 5.82 Å². The number of aromatic nitrogens is 2. The monoisotopic (exact) mass is 206 g/mol. The van der Waals surface area contributed by atoms with Crippen LogP contribution in [0.4, 0.5) is 5.82 Å². The summed E-state index contributed by atoms with van der Waals surface area (Å²) in [7, 11) is 0. The number of rotatable bonds is 3. The van der Waals surface area contributed by atoms with Gasteiger partial charge in [-0.15, -0.1) is 0 Å². The second-order valence-corrected chi connectivity index (χ2v) is 4.08. The van der Waals surface area contributed by atoms with Crippen LogP contribution in [-0.4, -0.2) is 16.0 Å². The zero-order valence-corrected chi connectivity index (χ0v) is 8.95. The van der Waals surface area contributed by atoms with Crippen LogP contribution in [0, 0.1) is 0 Å². The number of hydrogen-bond acceptors (Lipinski definition) is 4. The van der Waals surface area contributed by atoms with Crippen molar-refractivity contribution < 1.29 is 0 Å². The number of anilines is 1. The van der Waals surface area contributed by atoms with Crippen molar-refractivity contribution in [1.82, 2.24) is 9.97 Å². The van der Waals surface area contributed by atoms with Crippen LogP contribution in [0.15, 0.2) is 12.4 Å². The number of nitrogens with zero attached hydrogens (tertiary/aromatic N) is 2.